The van der Waals surface area contributed by atoms with Gasteiger partial charge in [0, 0.05) is 17.1 Å². The zero-order valence-corrected chi connectivity index (χ0v) is 14.8. The van der Waals surface area contributed by atoms with Crippen LogP contribution in [0.3, 0.4) is 0 Å². The molecule has 1 aliphatic rings. The summed E-state index contributed by atoms with van der Waals surface area (Å²) in [5.41, 5.74) is 5.49. The van der Waals surface area contributed by atoms with Crippen molar-refractivity contribution >= 4 is 33.2 Å². The van der Waals surface area contributed by atoms with Crippen LogP contribution in [0.4, 0.5) is 0 Å². The van der Waals surface area contributed by atoms with Gasteiger partial charge in [-0.05, 0) is 29.0 Å². The van der Waals surface area contributed by atoms with Crippen molar-refractivity contribution in [2.75, 3.05) is 0 Å². The van der Waals surface area contributed by atoms with Crippen molar-refractivity contribution in [3.05, 3.63) is 28.2 Å². The minimum Gasteiger partial charge on any atom is -0.327 e. The summed E-state index contributed by atoms with van der Waals surface area (Å²) in [5, 5.41) is 0.467. The molecule has 0 heterocycles. The third-order valence-electron chi connectivity index (χ3n) is 4.55. The molecular formula is C14H20Cl2N2O2S. The zero-order chi connectivity index (χ0) is 16.2. The second-order valence-corrected chi connectivity index (χ2v) is 9.28. The number of nitrogens with two attached hydrogens (primary N) is 1. The molecule has 118 valence electrons. The van der Waals surface area contributed by atoms with Crippen LogP contribution in [0.15, 0.2) is 23.1 Å². The Morgan fingerprint density at radius 3 is 2.19 bits per heavy atom. The first kappa shape index (κ1) is 17.0. The lowest BCUT2D eigenvalue weighted by molar-refractivity contribution is -0.0593. The Hall–Kier alpha value is -0.330. The van der Waals surface area contributed by atoms with E-state index >= 15 is 0 Å². The van der Waals surface area contributed by atoms with Gasteiger partial charge in [0.1, 0.15) is 4.90 Å². The normalized spacial score (nSPS) is 27.2. The first-order chi connectivity index (χ1) is 9.40. The van der Waals surface area contributed by atoms with Crippen molar-refractivity contribution in [2.24, 2.45) is 16.6 Å². The summed E-state index contributed by atoms with van der Waals surface area (Å²) in [6.07, 6.45) is 0. The summed E-state index contributed by atoms with van der Waals surface area (Å²) in [6, 6.07) is 4.01. The molecule has 1 aromatic carbocycles. The van der Waals surface area contributed by atoms with Gasteiger partial charge >= 0.3 is 0 Å². The molecule has 1 aromatic rings. The smallest absolute Gasteiger partial charge is 0.242 e. The van der Waals surface area contributed by atoms with Crippen LogP contribution in [0.2, 0.25) is 10.0 Å². The van der Waals surface area contributed by atoms with E-state index in [1.54, 1.807) is 6.07 Å². The Morgan fingerprint density at radius 1 is 1.14 bits per heavy atom. The van der Waals surface area contributed by atoms with Gasteiger partial charge in [0.25, 0.3) is 0 Å². The van der Waals surface area contributed by atoms with Crippen LogP contribution in [0, 0.1) is 10.8 Å². The largest absolute Gasteiger partial charge is 0.327 e. The Balaban J connectivity index is 2.37. The second kappa shape index (κ2) is 5.10. The summed E-state index contributed by atoms with van der Waals surface area (Å²) in [6.45, 7) is 7.82. The lowest BCUT2D eigenvalue weighted by atomic mass is 9.49. The minimum atomic E-state index is -3.76. The molecule has 0 atom stereocenters. The minimum absolute atomic E-state index is 0.0104. The highest BCUT2D eigenvalue weighted by atomic mass is 35.5. The number of benzene rings is 1. The SMILES string of the molecule is CC1(C)C(N)C(C)(C)C1NS(=O)(=O)c1cc(Cl)ccc1Cl. The van der Waals surface area contributed by atoms with Crippen LogP contribution in [0.1, 0.15) is 27.7 Å². The molecule has 1 aliphatic carbocycles. The molecule has 0 saturated heterocycles. The van der Waals surface area contributed by atoms with Gasteiger partial charge in [0.15, 0.2) is 0 Å². The third-order valence-corrected chi connectivity index (χ3v) is 6.69. The molecule has 0 radical (unpaired) electrons. The van der Waals surface area contributed by atoms with Gasteiger partial charge in [0.2, 0.25) is 10.0 Å². The van der Waals surface area contributed by atoms with Gasteiger partial charge in [-0.3, -0.25) is 0 Å². The highest BCUT2D eigenvalue weighted by Gasteiger charge is 2.61. The van der Waals surface area contributed by atoms with E-state index in [1.807, 2.05) is 27.7 Å². The third kappa shape index (κ3) is 2.70. The van der Waals surface area contributed by atoms with Gasteiger partial charge < -0.3 is 5.73 Å². The molecule has 2 rings (SSSR count). The van der Waals surface area contributed by atoms with E-state index in [4.69, 9.17) is 28.9 Å². The number of nitrogens with one attached hydrogen (secondary N) is 1. The van der Waals surface area contributed by atoms with Crippen LogP contribution in [0.5, 0.6) is 0 Å². The molecule has 0 aromatic heterocycles. The summed E-state index contributed by atoms with van der Waals surface area (Å²) < 4.78 is 27.9. The van der Waals surface area contributed by atoms with E-state index in [9.17, 15) is 8.42 Å². The van der Waals surface area contributed by atoms with Crippen molar-refractivity contribution in [1.82, 2.24) is 4.72 Å². The monoisotopic (exact) mass is 350 g/mol. The molecule has 1 fully saturated rings. The van der Waals surface area contributed by atoms with Crippen molar-refractivity contribution < 1.29 is 8.42 Å². The van der Waals surface area contributed by atoms with E-state index in [0.29, 0.717) is 5.02 Å². The Bertz CT molecular complexity index is 656. The molecule has 0 spiro atoms. The number of rotatable bonds is 3. The lowest BCUT2D eigenvalue weighted by Crippen LogP contribution is -2.75. The van der Waals surface area contributed by atoms with Crippen molar-refractivity contribution in [3.8, 4) is 0 Å². The van der Waals surface area contributed by atoms with Crippen LogP contribution in [0.25, 0.3) is 0 Å². The fourth-order valence-corrected chi connectivity index (χ4v) is 5.70. The van der Waals surface area contributed by atoms with Crippen LogP contribution < -0.4 is 10.5 Å². The second-order valence-electron chi connectivity index (χ2n) is 6.75. The summed E-state index contributed by atoms with van der Waals surface area (Å²) in [4.78, 5) is -0.0104. The van der Waals surface area contributed by atoms with Crippen LogP contribution in [-0.2, 0) is 10.0 Å². The first-order valence-corrected chi connectivity index (χ1v) is 8.87. The maximum atomic E-state index is 12.6. The highest BCUT2D eigenvalue weighted by Crippen LogP contribution is 2.53. The maximum absolute atomic E-state index is 12.6. The lowest BCUT2D eigenvalue weighted by Gasteiger charge is -2.62. The standard InChI is InChI=1S/C14H20Cl2N2O2S/c1-13(2)11(17)14(3,4)12(13)18-21(19,20)10-7-8(15)5-6-9(10)16/h5-7,11-12,18H,17H2,1-4H3. The topological polar surface area (TPSA) is 72.2 Å². The Morgan fingerprint density at radius 2 is 1.67 bits per heavy atom. The summed E-state index contributed by atoms with van der Waals surface area (Å²) in [5.74, 6) is 0. The predicted molar refractivity (Wildman–Crippen MR) is 86.1 cm³/mol. The van der Waals surface area contributed by atoms with E-state index < -0.39 is 10.0 Å². The molecule has 1 saturated carbocycles. The van der Waals surface area contributed by atoms with Crippen LogP contribution in [-0.4, -0.2) is 20.5 Å². The Kier molecular flexibility index (Phi) is 4.14. The number of sulfonamides is 1. The van der Waals surface area contributed by atoms with Gasteiger partial charge in [-0.1, -0.05) is 50.9 Å². The van der Waals surface area contributed by atoms with E-state index in [2.05, 4.69) is 4.72 Å². The quantitative estimate of drug-likeness (QED) is 0.879. The van der Waals surface area contributed by atoms with Crippen molar-refractivity contribution in [2.45, 2.75) is 44.7 Å². The molecule has 21 heavy (non-hydrogen) atoms. The molecule has 0 bridgehead atoms. The summed E-state index contributed by atoms with van der Waals surface area (Å²) >= 11 is 11.9. The predicted octanol–water partition coefficient (Wildman–Crippen LogP) is 3.03. The molecule has 0 amide bonds. The molecule has 0 unspecified atom stereocenters. The average molecular weight is 351 g/mol. The van der Waals surface area contributed by atoms with Gasteiger partial charge in [-0.15, -0.1) is 0 Å². The number of hydrogen-bond donors (Lipinski definition) is 2. The molecular weight excluding hydrogens is 331 g/mol. The molecule has 4 nitrogen and oxygen atoms in total. The van der Waals surface area contributed by atoms with Gasteiger partial charge in [0.05, 0.1) is 5.02 Å². The maximum Gasteiger partial charge on any atom is 0.242 e. The van der Waals surface area contributed by atoms with E-state index in [-0.39, 0.29) is 32.8 Å². The van der Waals surface area contributed by atoms with E-state index in [1.165, 1.54) is 12.1 Å². The highest BCUT2D eigenvalue weighted by molar-refractivity contribution is 7.89. The van der Waals surface area contributed by atoms with Crippen molar-refractivity contribution in [3.63, 3.8) is 0 Å². The molecule has 7 heteroatoms. The van der Waals surface area contributed by atoms with Crippen LogP contribution >= 0.6 is 23.2 Å². The fourth-order valence-electron chi connectivity index (χ4n) is 3.39. The zero-order valence-electron chi connectivity index (χ0n) is 12.4. The average Bonchev–Trinajstić information content (AvgIpc) is 2.37. The van der Waals surface area contributed by atoms with Gasteiger partial charge in [-0.2, -0.15) is 0 Å². The molecule has 3 N–H and O–H groups in total. The molecule has 0 aliphatic heterocycles. The number of hydrogen-bond acceptors (Lipinski definition) is 3. The van der Waals surface area contributed by atoms with Crippen molar-refractivity contribution in [1.29, 1.82) is 0 Å². The summed E-state index contributed by atoms with van der Waals surface area (Å²) in [7, 11) is -3.76. The fraction of sp³-hybridized carbons (Fsp3) is 0.571. The van der Waals surface area contributed by atoms with Gasteiger partial charge in [-0.25, -0.2) is 13.1 Å². The first-order valence-electron chi connectivity index (χ1n) is 6.63. The van der Waals surface area contributed by atoms with E-state index in [0.717, 1.165) is 0 Å². The number of halogens is 2. The Labute approximate surface area is 136 Å².